The Balaban J connectivity index is 1.51. The molecule has 0 aliphatic carbocycles. The Morgan fingerprint density at radius 3 is 3.22 bits per heavy atom. The van der Waals surface area contributed by atoms with Gasteiger partial charge in [0.25, 0.3) is 5.91 Å². The predicted octanol–water partition coefficient (Wildman–Crippen LogP) is 2.02. The zero-order chi connectivity index (χ0) is 15.8. The largest absolute Gasteiger partial charge is 0.463 e. The average Bonchev–Trinajstić information content (AvgIpc) is 3.10. The first-order valence-corrected chi connectivity index (χ1v) is 8.06. The number of hydrogen-bond donors (Lipinski definition) is 1. The number of nitrogens with zero attached hydrogens (tertiary/aromatic N) is 2. The van der Waals surface area contributed by atoms with Crippen molar-refractivity contribution in [2.24, 2.45) is 5.92 Å². The molecule has 2 aromatic heterocycles. The van der Waals surface area contributed by atoms with E-state index in [4.69, 9.17) is 4.42 Å². The van der Waals surface area contributed by atoms with Crippen LogP contribution in [0.15, 0.2) is 22.9 Å². The molecule has 4 rings (SSSR count). The SMILES string of the molecule is CC#Cc1coc2cc(C(=O)NC3CC4CCN(C4)C3)ncc12. The molecule has 23 heavy (non-hydrogen) atoms. The number of piperidine rings is 1. The summed E-state index contributed by atoms with van der Waals surface area (Å²) in [6.45, 7) is 5.07. The van der Waals surface area contributed by atoms with Crippen LogP contribution in [0.5, 0.6) is 0 Å². The van der Waals surface area contributed by atoms with Gasteiger partial charge in [0.05, 0.1) is 10.9 Å². The van der Waals surface area contributed by atoms with E-state index in [-0.39, 0.29) is 11.9 Å². The number of fused-ring (bicyclic) bond motifs is 3. The molecule has 5 heteroatoms. The maximum absolute atomic E-state index is 12.5. The minimum atomic E-state index is -0.126. The van der Waals surface area contributed by atoms with Gasteiger partial charge in [0, 0.05) is 31.4 Å². The molecular formula is C18H19N3O2. The number of pyridine rings is 1. The minimum absolute atomic E-state index is 0.126. The molecule has 1 N–H and O–H groups in total. The van der Waals surface area contributed by atoms with E-state index in [0.717, 1.165) is 36.4 Å². The van der Waals surface area contributed by atoms with E-state index in [2.05, 4.69) is 27.0 Å². The normalized spacial score (nSPS) is 25.9. The summed E-state index contributed by atoms with van der Waals surface area (Å²) < 4.78 is 5.50. The summed E-state index contributed by atoms with van der Waals surface area (Å²) in [5, 5.41) is 3.97. The van der Waals surface area contributed by atoms with Crippen LogP contribution >= 0.6 is 0 Å². The molecule has 2 aromatic rings. The highest BCUT2D eigenvalue weighted by Gasteiger charge is 2.33. The summed E-state index contributed by atoms with van der Waals surface area (Å²) in [7, 11) is 0. The summed E-state index contributed by atoms with van der Waals surface area (Å²) in [4.78, 5) is 19.2. The standard InChI is InChI=1S/C18H19N3O2/c1-2-3-13-11-23-17-7-16(19-8-15(13)17)18(22)20-14-6-12-4-5-21(9-12)10-14/h7-8,11-12,14H,4-6,9-10H2,1H3,(H,20,22). The lowest BCUT2D eigenvalue weighted by molar-refractivity contribution is 0.0904. The molecule has 5 nitrogen and oxygen atoms in total. The van der Waals surface area contributed by atoms with Crippen molar-refractivity contribution in [3.63, 3.8) is 0 Å². The van der Waals surface area contributed by atoms with Crippen molar-refractivity contribution >= 4 is 16.9 Å². The lowest BCUT2D eigenvalue weighted by Gasteiger charge is -2.30. The van der Waals surface area contributed by atoms with Gasteiger partial charge in [-0.3, -0.25) is 9.78 Å². The van der Waals surface area contributed by atoms with Crippen molar-refractivity contribution in [3.8, 4) is 11.8 Å². The molecule has 2 fully saturated rings. The third kappa shape index (κ3) is 2.71. The molecule has 2 saturated heterocycles. The number of aromatic nitrogens is 1. The van der Waals surface area contributed by atoms with E-state index >= 15 is 0 Å². The first-order valence-electron chi connectivity index (χ1n) is 8.06. The van der Waals surface area contributed by atoms with Crippen LogP contribution in [0, 0.1) is 17.8 Å². The summed E-state index contributed by atoms with van der Waals surface area (Å²) >= 11 is 0. The highest BCUT2D eigenvalue weighted by molar-refractivity contribution is 5.96. The fourth-order valence-corrected chi connectivity index (χ4v) is 3.70. The predicted molar refractivity (Wildman–Crippen MR) is 87.0 cm³/mol. The molecule has 4 heterocycles. The van der Waals surface area contributed by atoms with Crippen LogP contribution in [0.25, 0.3) is 11.0 Å². The van der Waals surface area contributed by atoms with E-state index in [1.807, 2.05) is 0 Å². The fourth-order valence-electron chi connectivity index (χ4n) is 3.70. The Kier molecular flexibility index (Phi) is 3.55. The maximum atomic E-state index is 12.5. The number of carbonyl (C=O) groups excluding carboxylic acids is 1. The van der Waals surface area contributed by atoms with Crippen LogP contribution in [-0.4, -0.2) is 41.5 Å². The molecule has 1 amide bonds. The monoisotopic (exact) mass is 309 g/mol. The maximum Gasteiger partial charge on any atom is 0.270 e. The van der Waals surface area contributed by atoms with Crippen molar-refractivity contribution in [3.05, 3.63) is 29.8 Å². The van der Waals surface area contributed by atoms with Crippen LogP contribution in [0.1, 0.15) is 35.8 Å². The fraction of sp³-hybridized carbons (Fsp3) is 0.444. The Morgan fingerprint density at radius 2 is 2.39 bits per heavy atom. The molecule has 3 unspecified atom stereocenters. The van der Waals surface area contributed by atoms with Gasteiger partial charge in [-0.05, 0) is 32.2 Å². The Labute approximate surface area is 135 Å². The molecule has 2 aliphatic rings. The smallest absolute Gasteiger partial charge is 0.270 e. The van der Waals surface area contributed by atoms with Gasteiger partial charge in [0.15, 0.2) is 0 Å². The second-order valence-electron chi connectivity index (χ2n) is 6.41. The van der Waals surface area contributed by atoms with E-state index < -0.39 is 0 Å². The summed E-state index contributed by atoms with van der Waals surface area (Å²) in [6.07, 6.45) is 5.60. The molecule has 118 valence electrons. The van der Waals surface area contributed by atoms with Gasteiger partial charge in [-0.25, -0.2) is 0 Å². The lowest BCUT2D eigenvalue weighted by atomic mass is 9.97. The van der Waals surface area contributed by atoms with Crippen LogP contribution < -0.4 is 5.32 Å². The Bertz CT molecular complexity index is 803. The minimum Gasteiger partial charge on any atom is -0.463 e. The van der Waals surface area contributed by atoms with Gasteiger partial charge in [0.1, 0.15) is 17.5 Å². The van der Waals surface area contributed by atoms with E-state index in [1.165, 1.54) is 13.0 Å². The highest BCUT2D eigenvalue weighted by Crippen LogP contribution is 2.27. The van der Waals surface area contributed by atoms with Crippen LogP contribution in [0.3, 0.4) is 0 Å². The van der Waals surface area contributed by atoms with Gasteiger partial charge >= 0.3 is 0 Å². The summed E-state index contributed by atoms with van der Waals surface area (Å²) in [5.41, 5.74) is 1.85. The first kappa shape index (κ1) is 14.3. The second kappa shape index (κ2) is 5.71. The summed E-state index contributed by atoms with van der Waals surface area (Å²) in [6, 6.07) is 1.92. The Morgan fingerprint density at radius 1 is 1.48 bits per heavy atom. The second-order valence-corrected chi connectivity index (χ2v) is 6.41. The van der Waals surface area contributed by atoms with Gasteiger partial charge in [-0.1, -0.05) is 5.92 Å². The zero-order valence-corrected chi connectivity index (χ0v) is 13.1. The molecule has 2 bridgehead atoms. The van der Waals surface area contributed by atoms with Gasteiger partial charge in [-0.2, -0.15) is 0 Å². The van der Waals surface area contributed by atoms with Crippen molar-refractivity contribution in [2.75, 3.05) is 19.6 Å². The summed E-state index contributed by atoms with van der Waals surface area (Å²) in [5.74, 6) is 6.42. The van der Waals surface area contributed by atoms with E-state index in [1.54, 1.807) is 25.5 Å². The van der Waals surface area contributed by atoms with Crippen LogP contribution in [0.4, 0.5) is 0 Å². The van der Waals surface area contributed by atoms with Gasteiger partial charge in [-0.15, -0.1) is 5.92 Å². The van der Waals surface area contributed by atoms with E-state index in [9.17, 15) is 4.79 Å². The lowest BCUT2D eigenvalue weighted by Crippen LogP contribution is -2.47. The number of furan rings is 1. The first-order chi connectivity index (χ1) is 11.2. The topological polar surface area (TPSA) is 58.4 Å². The number of amides is 1. The number of hydrogen-bond acceptors (Lipinski definition) is 4. The zero-order valence-electron chi connectivity index (χ0n) is 13.1. The number of rotatable bonds is 2. The van der Waals surface area contributed by atoms with Crippen molar-refractivity contribution in [1.82, 2.24) is 15.2 Å². The number of carbonyl (C=O) groups is 1. The van der Waals surface area contributed by atoms with Gasteiger partial charge in [0.2, 0.25) is 0 Å². The van der Waals surface area contributed by atoms with Crippen LogP contribution in [0.2, 0.25) is 0 Å². The van der Waals surface area contributed by atoms with Crippen molar-refractivity contribution in [1.29, 1.82) is 0 Å². The van der Waals surface area contributed by atoms with Crippen LogP contribution in [-0.2, 0) is 0 Å². The molecule has 0 spiro atoms. The van der Waals surface area contributed by atoms with Crippen molar-refractivity contribution in [2.45, 2.75) is 25.8 Å². The Hall–Kier alpha value is -2.32. The molecular weight excluding hydrogens is 290 g/mol. The van der Waals surface area contributed by atoms with Crippen molar-refractivity contribution < 1.29 is 9.21 Å². The highest BCUT2D eigenvalue weighted by atomic mass is 16.3. The molecule has 0 radical (unpaired) electrons. The third-order valence-electron chi connectivity index (χ3n) is 4.75. The van der Waals surface area contributed by atoms with E-state index in [0.29, 0.717) is 11.3 Å². The third-order valence-corrected chi connectivity index (χ3v) is 4.75. The number of nitrogens with one attached hydrogen (secondary N) is 1. The molecule has 0 aromatic carbocycles. The molecule has 0 saturated carbocycles. The quantitative estimate of drug-likeness (QED) is 0.862. The molecule has 3 atom stereocenters. The average molecular weight is 309 g/mol. The molecule has 2 aliphatic heterocycles. The van der Waals surface area contributed by atoms with Gasteiger partial charge < -0.3 is 14.6 Å².